The number of benzene rings is 2. The van der Waals surface area contributed by atoms with E-state index in [4.69, 9.17) is 9.47 Å². The molecule has 0 aliphatic heterocycles. The van der Waals surface area contributed by atoms with Crippen molar-refractivity contribution in [3.8, 4) is 28.4 Å². The number of hydrogen-bond acceptors (Lipinski definition) is 8. The molecule has 9 nitrogen and oxygen atoms in total. The molecule has 166 valence electrons. The molecule has 0 unspecified atom stereocenters. The van der Waals surface area contributed by atoms with Crippen LogP contribution in [0, 0.1) is 0 Å². The molecule has 33 heavy (non-hydrogen) atoms. The number of H-pyrrole nitrogens is 1. The molecule has 0 amide bonds. The molecule has 0 bridgehead atoms. The third kappa shape index (κ3) is 5.04. The summed E-state index contributed by atoms with van der Waals surface area (Å²) in [6, 6.07) is 17.7. The van der Waals surface area contributed by atoms with Crippen LogP contribution >= 0.6 is 0 Å². The molecule has 0 spiro atoms. The molecular weight excluding hydrogens is 422 g/mol. The number of nitrogens with zero attached hydrogens (tertiary/aromatic N) is 3. The van der Waals surface area contributed by atoms with Gasteiger partial charge in [0.15, 0.2) is 5.82 Å². The van der Waals surface area contributed by atoms with E-state index in [0.717, 1.165) is 11.1 Å². The molecule has 2 N–H and O–H groups in total. The van der Waals surface area contributed by atoms with Crippen molar-refractivity contribution in [2.45, 2.75) is 6.92 Å². The minimum Gasteiger partial charge on any atom is -0.497 e. The number of anilines is 2. The zero-order valence-electron chi connectivity index (χ0n) is 18.0. The number of ether oxygens (including phenoxy) is 2. The van der Waals surface area contributed by atoms with Crippen molar-refractivity contribution < 1.29 is 14.3 Å². The van der Waals surface area contributed by atoms with Crippen molar-refractivity contribution in [3.63, 3.8) is 0 Å². The molecule has 0 aliphatic rings. The minimum atomic E-state index is -0.528. The number of hydrogen-bond donors (Lipinski definition) is 2. The van der Waals surface area contributed by atoms with Gasteiger partial charge in [0.2, 0.25) is 0 Å². The van der Waals surface area contributed by atoms with Gasteiger partial charge in [-0.25, -0.2) is 19.9 Å². The molecule has 0 fully saturated rings. The summed E-state index contributed by atoms with van der Waals surface area (Å²) in [5.74, 6) is 0.931. The van der Waals surface area contributed by atoms with Gasteiger partial charge in [-0.2, -0.15) is 5.10 Å². The van der Waals surface area contributed by atoms with E-state index in [1.165, 1.54) is 12.3 Å². The lowest BCUT2D eigenvalue weighted by atomic mass is 10.1. The van der Waals surface area contributed by atoms with E-state index in [-0.39, 0.29) is 17.7 Å². The summed E-state index contributed by atoms with van der Waals surface area (Å²) in [5, 5.41) is 9.67. The van der Waals surface area contributed by atoms with Crippen LogP contribution in [0.2, 0.25) is 0 Å². The van der Waals surface area contributed by atoms with Gasteiger partial charge < -0.3 is 14.8 Å². The lowest BCUT2D eigenvalue weighted by molar-refractivity contribution is 0.0526. The smallest absolute Gasteiger partial charge is 0.343 e. The minimum absolute atomic E-state index is 0.210. The molecule has 0 aliphatic carbocycles. The first-order chi connectivity index (χ1) is 16.1. The SMILES string of the molecule is CCOC(=O)c1cnc(-c2ccc(OC)cc2)nc1Nc1cccc(-c2ccc(=O)[nH]n2)c1. The third-order valence-electron chi connectivity index (χ3n) is 4.73. The number of carbonyl (C=O) groups excluding carboxylic acids is 1. The summed E-state index contributed by atoms with van der Waals surface area (Å²) < 4.78 is 10.4. The molecule has 9 heteroatoms. The van der Waals surface area contributed by atoms with Gasteiger partial charge in [0.25, 0.3) is 5.56 Å². The summed E-state index contributed by atoms with van der Waals surface area (Å²) in [5.41, 5.74) is 2.75. The van der Waals surface area contributed by atoms with Gasteiger partial charge in [0.1, 0.15) is 17.1 Å². The zero-order valence-corrected chi connectivity index (χ0v) is 18.0. The normalized spacial score (nSPS) is 10.5. The highest BCUT2D eigenvalue weighted by atomic mass is 16.5. The third-order valence-corrected chi connectivity index (χ3v) is 4.73. The Hall–Kier alpha value is -4.53. The molecule has 0 atom stereocenters. The van der Waals surface area contributed by atoms with Crippen LogP contribution in [0.3, 0.4) is 0 Å². The van der Waals surface area contributed by atoms with E-state index < -0.39 is 5.97 Å². The van der Waals surface area contributed by atoms with Crippen LogP contribution in [-0.4, -0.2) is 39.9 Å². The number of aromatic nitrogens is 4. The quantitative estimate of drug-likeness (QED) is 0.414. The largest absolute Gasteiger partial charge is 0.497 e. The molecule has 0 saturated heterocycles. The molecule has 4 rings (SSSR count). The average Bonchev–Trinajstić information content (AvgIpc) is 2.85. The van der Waals surface area contributed by atoms with Gasteiger partial charge in [-0.3, -0.25) is 4.79 Å². The molecule has 2 heterocycles. The predicted octanol–water partition coefficient (Wildman–Crippen LogP) is 3.82. The second-order valence-electron chi connectivity index (χ2n) is 6.92. The van der Waals surface area contributed by atoms with E-state index in [9.17, 15) is 9.59 Å². The number of rotatable bonds is 7. The monoisotopic (exact) mass is 443 g/mol. The van der Waals surface area contributed by atoms with Crippen molar-refractivity contribution in [1.82, 2.24) is 20.2 Å². The maximum Gasteiger partial charge on any atom is 0.343 e. The fourth-order valence-electron chi connectivity index (χ4n) is 3.11. The van der Waals surface area contributed by atoms with E-state index >= 15 is 0 Å². The van der Waals surface area contributed by atoms with Crippen LogP contribution in [-0.2, 0) is 4.74 Å². The lowest BCUT2D eigenvalue weighted by Gasteiger charge is -2.13. The van der Waals surface area contributed by atoms with Crippen molar-refractivity contribution in [3.05, 3.63) is 82.8 Å². The molecule has 2 aromatic carbocycles. The van der Waals surface area contributed by atoms with Crippen molar-refractivity contribution in [1.29, 1.82) is 0 Å². The van der Waals surface area contributed by atoms with Gasteiger partial charge in [-0.05, 0) is 49.4 Å². The Morgan fingerprint density at radius 2 is 1.88 bits per heavy atom. The van der Waals surface area contributed by atoms with E-state index in [2.05, 4.69) is 25.5 Å². The highest BCUT2D eigenvalue weighted by Crippen LogP contribution is 2.26. The Kier molecular flexibility index (Phi) is 6.40. The van der Waals surface area contributed by atoms with Gasteiger partial charge in [-0.1, -0.05) is 12.1 Å². The Bertz CT molecular complexity index is 1320. The van der Waals surface area contributed by atoms with Crippen molar-refractivity contribution in [2.75, 3.05) is 19.0 Å². The van der Waals surface area contributed by atoms with Crippen molar-refractivity contribution >= 4 is 17.5 Å². The van der Waals surface area contributed by atoms with Crippen LogP contribution in [0.5, 0.6) is 5.75 Å². The fourth-order valence-corrected chi connectivity index (χ4v) is 3.11. The highest BCUT2D eigenvalue weighted by molar-refractivity contribution is 5.95. The van der Waals surface area contributed by atoms with Crippen LogP contribution in [0.25, 0.3) is 22.6 Å². The second-order valence-corrected chi connectivity index (χ2v) is 6.92. The fraction of sp³-hybridized carbons (Fsp3) is 0.125. The van der Waals surface area contributed by atoms with Crippen LogP contribution in [0.4, 0.5) is 11.5 Å². The first-order valence-electron chi connectivity index (χ1n) is 10.2. The Morgan fingerprint density at radius 3 is 2.58 bits per heavy atom. The van der Waals surface area contributed by atoms with E-state index in [1.54, 1.807) is 20.1 Å². The number of esters is 1. The van der Waals surface area contributed by atoms with Crippen molar-refractivity contribution in [2.24, 2.45) is 0 Å². The second kappa shape index (κ2) is 9.73. The molecule has 0 saturated carbocycles. The molecule has 0 radical (unpaired) electrons. The standard InChI is InChI=1S/C24H21N5O4/c1-3-33-24(31)19-14-25-22(15-7-9-18(32-2)10-8-15)27-23(19)26-17-6-4-5-16(13-17)20-11-12-21(30)29-28-20/h4-14H,3H2,1-2H3,(H,29,30)(H,25,26,27). The van der Waals surface area contributed by atoms with Crippen LogP contribution < -0.4 is 15.6 Å². The summed E-state index contributed by atoms with van der Waals surface area (Å²) in [4.78, 5) is 32.7. The molecule has 4 aromatic rings. The summed E-state index contributed by atoms with van der Waals surface area (Å²) in [7, 11) is 1.60. The van der Waals surface area contributed by atoms with Gasteiger partial charge in [-0.15, -0.1) is 0 Å². The Labute approximate surface area is 189 Å². The van der Waals surface area contributed by atoms with Crippen LogP contribution in [0.15, 0.2) is 71.7 Å². The van der Waals surface area contributed by atoms with Gasteiger partial charge in [0, 0.05) is 29.1 Å². The summed E-state index contributed by atoms with van der Waals surface area (Å²) >= 11 is 0. The van der Waals surface area contributed by atoms with E-state index in [1.807, 2.05) is 48.5 Å². The first-order valence-corrected chi connectivity index (χ1v) is 10.2. The van der Waals surface area contributed by atoms with Gasteiger partial charge >= 0.3 is 5.97 Å². The number of methoxy groups -OCH3 is 1. The maximum absolute atomic E-state index is 12.5. The number of nitrogens with one attached hydrogen (secondary N) is 2. The Balaban J connectivity index is 1.71. The van der Waals surface area contributed by atoms with E-state index in [0.29, 0.717) is 28.8 Å². The number of aromatic amines is 1. The average molecular weight is 443 g/mol. The van der Waals surface area contributed by atoms with Gasteiger partial charge in [0.05, 0.1) is 19.4 Å². The summed E-state index contributed by atoms with van der Waals surface area (Å²) in [6.45, 7) is 1.96. The first kappa shape index (κ1) is 21.7. The molecule has 2 aromatic heterocycles. The molecular formula is C24H21N5O4. The zero-order chi connectivity index (χ0) is 23.2. The highest BCUT2D eigenvalue weighted by Gasteiger charge is 2.17. The summed E-state index contributed by atoms with van der Waals surface area (Å²) in [6.07, 6.45) is 1.44. The maximum atomic E-state index is 12.5. The lowest BCUT2D eigenvalue weighted by Crippen LogP contribution is -2.11. The topological polar surface area (TPSA) is 119 Å². The van der Waals surface area contributed by atoms with Crippen LogP contribution in [0.1, 0.15) is 17.3 Å². The number of carbonyl (C=O) groups is 1. The Morgan fingerprint density at radius 1 is 1.06 bits per heavy atom. The predicted molar refractivity (Wildman–Crippen MR) is 124 cm³/mol.